The maximum absolute atomic E-state index is 13.0. The highest BCUT2D eigenvalue weighted by Gasteiger charge is 2.35. The Bertz CT molecular complexity index is 650. The molecule has 0 aliphatic heterocycles. The molecule has 4 atom stereocenters. The van der Waals surface area contributed by atoms with Gasteiger partial charge in [-0.3, -0.25) is 9.13 Å². The van der Waals surface area contributed by atoms with Gasteiger partial charge in [-0.2, -0.15) is 0 Å². The summed E-state index contributed by atoms with van der Waals surface area (Å²) in [5, 5.41) is -0.300. The van der Waals surface area contributed by atoms with E-state index < -0.39 is 15.2 Å². The quantitative estimate of drug-likeness (QED) is 0.303. The minimum atomic E-state index is -4.26. The summed E-state index contributed by atoms with van der Waals surface area (Å²) >= 11 is 0. The lowest BCUT2D eigenvalue weighted by molar-refractivity contribution is 0.207. The number of benzene rings is 1. The van der Waals surface area contributed by atoms with E-state index in [0.29, 0.717) is 0 Å². The molecule has 0 fully saturated rings. The van der Waals surface area contributed by atoms with Crippen molar-refractivity contribution >= 4 is 25.8 Å². The molecule has 0 spiro atoms. The average Bonchev–Trinajstić information content (AvgIpc) is 2.74. The van der Waals surface area contributed by atoms with E-state index in [1.807, 2.05) is 13.8 Å². The van der Waals surface area contributed by atoms with Gasteiger partial charge in [0.25, 0.3) is 0 Å². The highest BCUT2D eigenvalue weighted by atomic mass is 31.2. The minimum absolute atomic E-state index is 0.143. The lowest BCUT2D eigenvalue weighted by Gasteiger charge is -2.22. The third-order valence-corrected chi connectivity index (χ3v) is 8.72. The molecule has 0 saturated carbocycles. The van der Waals surface area contributed by atoms with Crippen molar-refractivity contribution in [2.75, 3.05) is 13.2 Å². The standard InChI is InChI=1S/C22H40O6P2/c1-5-9-13-19(7-3)17-27-29(23,24)21-15-11-12-16-22(21)30(25,26)28-18-20(8-4)14-10-6-2/h11-12,15-16,19-20H,5-10,13-14,17-18H2,1-4H3,(H,23,24)(H,25,26). The lowest BCUT2D eigenvalue weighted by Crippen LogP contribution is -2.28. The van der Waals surface area contributed by atoms with Gasteiger partial charge in [0.05, 0.1) is 23.8 Å². The molecule has 1 aromatic rings. The summed E-state index contributed by atoms with van der Waals surface area (Å²) in [5.41, 5.74) is 0. The van der Waals surface area contributed by atoms with E-state index in [2.05, 4.69) is 13.8 Å². The summed E-state index contributed by atoms with van der Waals surface area (Å²) in [6.07, 6.45) is 7.71. The molecule has 0 aliphatic rings. The van der Waals surface area contributed by atoms with Crippen LogP contribution in [0.5, 0.6) is 0 Å². The molecule has 0 aromatic heterocycles. The van der Waals surface area contributed by atoms with Crippen LogP contribution in [0.25, 0.3) is 0 Å². The number of unbranched alkanes of at least 4 members (excludes halogenated alkanes) is 2. The third-order valence-electron chi connectivity index (χ3n) is 5.55. The molecule has 8 heteroatoms. The average molecular weight is 463 g/mol. The predicted octanol–water partition coefficient (Wildman–Crippen LogP) is 5.77. The van der Waals surface area contributed by atoms with Crippen LogP contribution in [0.3, 0.4) is 0 Å². The molecule has 0 aliphatic carbocycles. The van der Waals surface area contributed by atoms with Crippen molar-refractivity contribution in [3.05, 3.63) is 24.3 Å². The predicted molar refractivity (Wildman–Crippen MR) is 124 cm³/mol. The van der Waals surface area contributed by atoms with Crippen molar-refractivity contribution in [1.82, 2.24) is 0 Å². The zero-order valence-corrected chi connectivity index (χ0v) is 20.7. The molecule has 6 nitrogen and oxygen atoms in total. The summed E-state index contributed by atoms with van der Waals surface area (Å²) in [7, 11) is -8.52. The fourth-order valence-electron chi connectivity index (χ4n) is 3.29. The zero-order valence-electron chi connectivity index (χ0n) is 19.0. The van der Waals surface area contributed by atoms with E-state index in [9.17, 15) is 18.9 Å². The first-order valence-corrected chi connectivity index (χ1v) is 14.4. The Balaban J connectivity index is 2.95. The van der Waals surface area contributed by atoms with E-state index in [0.717, 1.165) is 51.4 Å². The van der Waals surface area contributed by atoms with Crippen LogP contribution in [0.1, 0.15) is 79.1 Å². The monoisotopic (exact) mass is 462 g/mol. The molecule has 0 radical (unpaired) electrons. The van der Waals surface area contributed by atoms with Crippen molar-refractivity contribution in [2.45, 2.75) is 79.1 Å². The second-order valence-electron chi connectivity index (χ2n) is 7.95. The van der Waals surface area contributed by atoms with Gasteiger partial charge in [0.15, 0.2) is 0 Å². The molecular weight excluding hydrogens is 422 g/mol. The van der Waals surface area contributed by atoms with Gasteiger partial charge in [-0.25, -0.2) is 0 Å². The van der Waals surface area contributed by atoms with Gasteiger partial charge >= 0.3 is 15.2 Å². The van der Waals surface area contributed by atoms with Gasteiger partial charge in [0, 0.05) is 0 Å². The van der Waals surface area contributed by atoms with Crippen molar-refractivity contribution in [3.8, 4) is 0 Å². The number of hydrogen-bond acceptors (Lipinski definition) is 4. The lowest BCUT2D eigenvalue weighted by atomic mass is 10.0. The Labute approximate surface area is 182 Å². The van der Waals surface area contributed by atoms with Gasteiger partial charge in [-0.1, -0.05) is 78.4 Å². The first-order chi connectivity index (χ1) is 14.2. The molecule has 30 heavy (non-hydrogen) atoms. The zero-order chi connectivity index (χ0) is 22.6. The van der Waals surface area contributed by atoms with Gasteiger partial charge in [0.1, 0.15) is 0 Å². The number of rotatable bonds is 16. The molecule has 174 valence electrons. The van der Waals surface area contributed by atoms with E-state index in [-0.39, 0.29) is 35.7 Å². The molecule has 0 heterocycles. The highest BCUT2D eigenvalue weighted by Crippen LogP contribution is 2.47. The van der Waals surface area contributed by atoms with E-state index in [4.69, 9.17) is 9.05 Å². The molecule has 4 unspecified atom stereocenters. The van der Waals surface area contributed by atoms with Crippen LogP contribution in [-0.2, 0) is 18.2 Å². The summed E-state index contributed by atoms with van der Waals surface area (Å²) in [6.45, 7) is 8.54. The molecule has 2 N–H and O–H groups in total. The largest absolute Gasteiger partial charge is 0.359 e. The topological polar surface area (TPSA) is 93.1 Å². The van der Waals surface area contributed by atoms with Crippen LogP contribution >= 0.6 is 15.2 Å². The second-order valence-corrected chi connectivity index (χ2v) is 11.5. The van der Waals surface area contributed by atoms with Crippen molar-refractivity contribution in [2.24, 2.45) is 11.8 Å². The van der Waals surface area contributed by atoms with Crippen LogP contribution in [0.15, 0.2) is 24.3 Å². The summed E-state index contributed by atoms with van der Waals surface area (Å²) < 4.78 is 36.8. The first-order valence-electron chi connectivity index (χ1n) is 11.3. The Morgan fingerprint density at radius 3 is 1.43 bits per heavy atom. The summed E-state index contributed by atoms with van der Waals surface area (Å²) in [5.74, 6) is 0.359. The van der Waals surface area contributed by atoms with Gasteiger partial charge in [0.2, 0.25) is 0 Å². The molecule has 0 amide bonds. The first kappa shape index (κ1) is 27.6. The molecule has 1 rings (SSSR count). The fraction of sp³-hybridized carbons (Fsp3) is 0.727. The van der Waals surface area contributed by atoms with E-state index in [1.54, 1.807) is 12.1 Å². The minimum Gasteiger partial charge on any atom is -0.321 e. The summed E-state index contributed by atoms with van der Waals surface area (Å²) in [6, 6.07) is 5.89. The van der Waals surface area contributed by atoms with Crippen LogP contribution in [0.4, 0.5) is 0 Å². The van der Waals surface area contributed by atoms with Crippen LogP contribution < -0.4 is 10.6 Å². The van der Waals surface area contributed by atoms with Crippen molar-refractivity contribution < 1.29 is 28.0 Å². The molecule has 0 saturated heterocycles. The Morgan fingerprint density at radius 2 is 1.13 bits per heavy atom. The second kappa shape index (κ2) is 13.8. The van der Waals surface area contributed by atoms with Gasteiger partial charge < -0.3 is 18.8 Å². The van der Waals surface area contributed by atoms with Crippen LogP contribution in [0.2, 0.25) is 0 Å². The fourth-order valence-corrected chi connectivity index (χ4v) is 6.43. The maximum atomic E-state index is 13.0. The van der Waals surface area contributed by atoms with E-state index >= 15 is 0 Å². The van der Waals surface area contributed by atoms with Crippen molar-refractivity contribution in [1.29, 1.82) is 0 Å². The molecule has 0 bridgehead atoms. The smallest absolute Gasteiger partial charge is 0.321 e. The van der Waals surface area contributed by atoms with E-state index in [1.165, 1.54) is 12.1 Å². The Hall–Kier alpha value is -0.480. The molecule has 1 aromatic carbocycles. The van der Waals surface area contributed by atoms with Gasteiger partial charge in [-0.05, 0) is 36.8 Å². The third kappa shape index (κ3) is 8.94. The van der Waals surface area contributed by atoms with Crippen LogP contribution in [0, 0.1) is 11.8 Å². The SMILES string of the molecule is CCCCC(CC)COP(=O)(O)c1ccccc1P(=O)(O)OCC(CC)CCCC. The van der Waals surface area contributed by atoms with Crippen LogP contribution in [-0.4, -0.2) is 23.0 Å². The Morgan fingerprint density at radius 1 is 0.767 bits per heavy atom. The summed E-state index contributed by atoms with van der Waals surface area (Å²) in [4.78, 5) is 21.2. The van der Waals surface area contributed by atoms with Crippen molar-refractivity contribution in [3.63, 3.8) is 0 Å². The van der Waals surface area contributed by atoms with Gasteiger partial charge in [-0.15, -0.1) is 0 Å². The molecular formula is C22H40O6P2. The normalized spacial score (nSPS) is 17.8. The maximum Gasteiger partial charge on any atom is 0.359 e. The Kier molecular flexibility index (Phi) is 12.7. The highest BCUT2D eigenvalue weighted by molar-refractivity contribution is 7.68. The number of hydrogen-bond donors (Lipinski definition) is 2.